The van der Waals surface area contributed by atoms with Gasteiger partial charge in [-0.3, -0.25) is 10.00 Å². The summed E-state index contributed by atoms with van der Waals surface area (Å²) in [5.41, 5.74) is 0.892. The van der Waals surface area contributed by atoms with Crippen molar-refractivity contribution >= 4 is 23.2 Å². The minimum absolute atomic E-state index is 0.108. The third kappa shape index (κ3) is 3.32. The van der Waals surface area contributed by atoms with E-state index in [4.69, 9.17) is 0 Å². The number of hydrogen-bond acceptors (Lipinski definition) is 3. The van der Waals surface area contributed by atoms with Gasteiger partial charge in [0.25, 0.3) is 0 Å². The molecule has 1 aliphatic rings. The van der Waals surface area contributed by atoms with Crippen LogP contribution in [0.2, 0.25) is 0 Å². The molecular formula is C16H22N4OS. The minimum Gasteiger partial charge on any atom is -0.330 e. The first-order chi connectivity index (χ1) is 10.6. The molecule has 5 nitrogen and oxygen atoms in total. The van der Waals surface area contributed by atoms with E-state index in [9.17, 15) is 4.79 Å². The number of thiophene rings is 1. The second-order valence-electron chi connectivity index (χ2n) is 5.93. The maximum atomic E-state index is 12.4. The summed E-state index contributed by atoms with van der Waals surface area (Å²) >= 11 is 1.71. The number of nitrogens with one attached hydrogen (secondary N) is 2. The highest BCUT2D eigenvalue weighted by molar-refractivity contribution is 7.10. The van der Waals surface area contributed by atoms with E-state index in [0.29, 0.717) is 11.7 Å². The lowest BCUT2D eigenvalue weighted by molar-refractivity contribution is 0.243. The molecule has 2 amide bonds. The van der Waals surface area contributed by atoms with Crippen molar-refractivity contribution in [1.29, 1.82) is 0 Å². The monoisotopic (exact) mass is 318 g/mol. The molecule has 22 heavy (non-hydrogen) atoms. The standard InChI is InChI=1S/C16H22N4OS/c1-11-10-14(20(2)19-11)17-16(21)18-15(12-6-3-4-7-12)13-8-5-9-22-13/h5,8-10,12,15H,3-4,6-7H2,1-2H3,(H2,17,18,21)/t15-/m0/s1. The Kier molecular flexibility index (Phi) is 4.47. The van der Waals surface area contributed by atoms with Crippen molar-refractivity contribution < 1.29 is 4.79 Å². The van der Waals surface area contributed by atoms with Crippen LogP contribution in [0.1, 0.15) is 42.3 Å². The van der Waals surface area contributed by atoms with Gasteiger partial charge in [-0.1, -0.05) is 18.9 Å². The Morgan fingerprint density at radius 2 is 2.23 bits per heavy atom. The summed E-state index contributed by atoms with van der Waals surface area (Å²) in [6, 6.07) is 5.98. The number of aromatic nitrogens is 2. The van der Waals surface area contributed by atoms with E-state index in [1.807, 2.05) is 26.1 Å². The number of hydrogen-bond donors (Lipinski definition) is 2. The van der Waals surface area contributed by atoms with E-state index < -0.39 is 0 Å². The SMILES string of the molecule is Cc1cc(NC(=O)N[C@H](c2cccs2)C2CCCC2)n(C)n1. The topological polar surface area (TPSA) is 59.0 Å². The third-order valence-electron chi connectivity index (χ3n) is 4.25. The van der Waals surface area contributed by atoms with Crippen molar-refractivity contribution in [3.8, 4) is 0 Å². The third-order valence-corrected chi connectivity index (χ3v) is 5.21. The van der Waals surface area contributed by atoms with Gasteiger partial charge in [0, 0.05) is 18.0 Å². The Bertz CT molecular complexity index is 629. The molecule has 1 atom stereocenters. The number of amides is 2. The molecule has 0 aromatic carbocycles. The predicted molar refractivity (Wildman–Crippen MR) is 89.1 cm³/mol. The molecule has 2 aromatic heterocycles. The minimum atomic E-state index is -0.159. The first kappa shape index (κ1) is 15.1. The Morgan fingerprint density at radius 3 is 2.82 bits per heavy atom. The summed E-state index contributed by atoms with van der Waals surface area (Å²) in [5.74, 6) is 1.25. The van der Waals surface area contributed by atoms with Gasteiger partial charge in [-0.15, -0.1) is 11.3 Å². The molecule has 1 fully saturated rings. The van der Waals surface area contributed by atoms with Crippen LogP contribution in [0.15, 0.2) is 23.6 Å². The predicted octanol–water partition coefficient (Wildman–Crippen LogP) is 3.84. The highest BCUT2D eigenvalue weighted by atomic mass is 32.1. The van der Waals surface area contributed by atoms with E-state index in [-0.39, 0.29) is 12.1 Å². The fourth-order valence-corrected chi connectivity index (χ4v) is 4.07. The Labute approximate surface area is 134 Å². The maximum Gasteiger partial charge on any atom is 0.320 e. The van der Waals surface area contributed by atoms with Gasteiger partial charge in [-0.2, -0.15) is 5.10 Å². The number of carbonyl (C=O) groups excluding carboxylic acids is 1. The molecule has 0 aliphatic heterocycles. The molecule has 1 aliphatic carbocycles. The second kappa shape index (κ2) is 6.52. The quantitative estimate of drug-likeness (QED) is 0.899. The van der Waals surface area contributed by atoms with Gasteiger partial charge < -0.3 is 5.32 Å². The zero-order valence-corrected chi connectivity index (χ0v) is 13.8. The van der Waals surface area contributed by atoms with Crippen molar-refractivity contribution in [3.05, 3.63) is 34.2 Å². The normalized spacial score (nSPS) is 16.6. The Hall–Kier alpha value is -1.82. The van der Waals surface area contributed by atoms with Crippen LogP contribution in [0, 0.1) is 12.8 Å². The molecule has 0 spiro atoms. The van der Waals surface area contributed by atoms with Crippen LogP contribution in [-0.4, -0.2) is 15.8 Å². The van der Waals surface area contributed by atoms with Crippen LogP contribution in [0.4, 0.5) is 10.6 Å². The number of rotatable bonds is 4. The number of carbonyl (C=O) groups is 1. The molecule has 2 N–H and O–H groups in total. The van der Waals surface area contributed by atoms with Crippen molar-refractivity contribution in [2.45, 2.75) is 38.6 Å². The largest absolute Gasteiger partial charge is 0.330 e. The Balaban J connectivity index is 1.70. The zero-order valence-electron chi connectivity index (χ0n) is 13.0. The van der Waals surface area contributed by atoms with Gasteiger partial charge >= 0.3 is 6.03 Å². The van der Waals surface area contributed by atoms with Gasteiger partial charge in [-0.25, -0.2) is 4.79 Å². The first-order valence-corrected chi connectivity index (χ1v) is 8.63. The molecular weight excluding hydrogens is 296 g/mol. The van der Waals surface area contributed by atoms with Crippen LogP contribution in [0.3, 0.4) is 0 Å². The van der Waals surface area contributed by atoms with Crippen molar-refractivity contribution in [2.24, 2.45) is 13.0 Å². The fraction of sp³-hybridized carbons (Fsp3) is 0.500. The van der Waals surface area contributed by atoms with Crippen LogP contribution < -0.4 is 10.6 Å². The zero-order chi connectivity index (χ0) is 15.5. The molecule has 0 radical (unpaired) electrons. The van der Waals surface area contributed by atoms with E-state index in [2.05, 4.69) is 27.2 Å². The molecule has 2 aromatic rings. The Morgan fingerprint density at radius 1 is 1.45 bits per heavy atom. The second-order valence-corrected chi connectivity index (χ2v) is 6.91. The number of aryl methyl sites for hydroxylation is 2. The van der Waals surface area contributed by atoms with Gasteiger partial charge in [0.2, 0.25) is 0 Å². The van der Waals surface area contributed by atoms with Crippen LogP contribution in [0.25, 0.3) is 0 Å². The van der Waals surface area contributed by atoms with Gasteiger partial charge in [0.05, 0.1) is 11.7 Å². The summed E-state index contributed by atoms with van der Waals surface area (Å²) in [7, 11) is 1.83. The van der Waals surface area contributed by atoms with Gasteiger partial charge in [-0.05, 0) is 37.1 Å². The molecule has 6 heteroatoms. The van der Waals surface area contributed by atoms with Crippen molar-refractivity contribution in [3.63, 3.8) is 0 Å². The lowest BCUT2D eigenvalue weighted by atomic mass is 9.97. The first-order valence-electron chi connectivity index (χ1n) is 7.75. The van der Waals surface area contributed by atoms with Gasteiger partial charge in [0.1, 0.15) is 5.82 Å². The summed E-state index contributed by atoms with van der Waals surface area (Å²) in [4.78, 5) is 13.6. The molecule has 2 heterocycles. The lowest BCUT2D eigenvalue weighted by Crippen LogP contribution is -2.36. The molecule has 0 saturated heterocycles. The molecule has 1 saturated carbocycles. The average molecular weight is 318 g/mol. The summed E-state index contributed by atoms with van der Waals surface area (Å²) in [5, 5.41) is 12.4. The smallest absolute Gasteiger partial charge is 0.320 e. The van der Waals surface area contributed by atoms with E-state index in [1.54, 1.807) is 16.0 Å². The number of nitrogens with zero attached hydrogens (tertiary/aromatic N) is 2. The maximum absolute atomic E-state index is 12.4. The van der Waals surface area contributed by atoms with Crippen LogP contribution >= 0.6 is 11.3 Å². The highest BCUT2D eigenvalue weighted by Crippen LogP contribution is 2.37. The number of urea groups is 1. The average Bonchev–Trinajstić information content (AvgIpc) is 3.20. The summed E-state index contributed by atoms with van der Waals surface area (Å²) < 4.78 is 1.69. The summed E-state index contributed by atoms with van der Waals surface area (Å²) in [6.07, 6.45) is 4.90. The van der Waals surface area contributed by atoms with E-state index in [0.717, 1.165) is 5.69 Å². The fourth-order valence-electron chi connectivity index (χ4n) is 3.20. The van der Waals surface area contributed by atoms with E-state index in [1.165, 1.54) is 30.6 Å². The highest BCUT2D eigenvalue weighted by Gasteiger charge is 2.28. The summed E-state index contributed by atoms with van der Waals surface area (Å²) in [6.45, 7) is 1.91. The van der Waals surface area contributed by atoms with E-state index >= 15 is 0 Å². The molecule has 0 unspecified atom stereocenters. The molecule has 0 bridgehead atoms. The van der Waals surface area contributed by atoms with Crippen LogP contribution in [-0.2, 0) is 7.05 Å². The van der Waals surface area contributed by atoms with Gasteiger partial charge in [0.15, 0.2) is 0 Å². The molecule has 3 rings (SSSR count). The van der Waals surface area contributed by atoms with Crippen LogP contribution in [0.5, 0.6) is 0 Å². The number of anilines is 1. The van der Waals surface area contributed by atoms with Crippen molar-refractivity contribution in [2.75, 3.05) is 5.32 Å². The lowest BCUT2D eigenvalue weighted by Gasteiger charge is -2.23. The molecule has 118 valence electrons. The van der Waals surface area contributed by atoms with Crippen molar-refractivity contribution in [1.82, 2.24) is 15.1 Å².